The predicted molar refractivity (Wildman–Crippen MR) is 70.1 cm³/mol. The van der Waals surface area contributed by atoms with Gasteiger partial charge in [-0.2, -0.15) is 5.26 Å². The summed E-state index contributed by atoms with van der Waals surface area (Å²) in [6.07, 6.45) is 3.33. The van der Waals surface area contributed by atoms with Gasteiger partial charge in [0.25, 0.3) is 0 Å². The Bertz CT molecular complexity index is 556. The number of anilines is 2. The summed E-state index contributed by atoms with van der Waals surface area (Å²) in [4.78, 5) is 8.37. The Morgan fingerprint density at radius 1 is 1.17 bits per heavy atom. The lowest BCUT2D eigenvalue weighted by molar-refractivity contribution is 1.08. The number of nitrogens with one attached hydrogen (secondary N) is 2. The van der Waals surface area contributed by atoms with Crippen LogP contribution in [0.15, 0.2) is 36.7 Å². The van der Waals surface area contributed by atoms with Gasteiger partial charge in [-0.05, 0) is 17.7 Å². The van der Waals surface area contributed by atoms with E-state index >= 15 is 0 Å². The second-order valence-corrected chi connectivity index (χ2v) is 3.70. The van der Waals surface area contributed by atoms with Crippen LogP contribution in [-0.2, 0) is 6.54 Å². The molecular formula is C13H13N5. The fraction of sp³-hybridized carbons (Fsp3) is 0.154. The van der Waals surface area contributed by atoms with Crippen LogP contribution in [0.25, 0.3) is 0 Å². The van der Waals surface area contributed by atoms with Gasteiger partial charge < -0.3 is 10.6 Å². The molecule has 0 atom stereocenters. The number of aromatic nitrogens is 2. The molecule has 0 unspecified atom stereocenters. The SMILES string of the molecule is CNc1cncc(NCc2ccc(C#N)cc2)n1. The van der Waals surface area contributed by atoms with Crippen LogP contribution in [0.5, 0.6) is 0 Å². The van der Waals surface area contributed by atoms with Crippen LogP contribution in [0, 0.1) is 11.3 Å². The average Bonchev–Trinajstić information content (AvgIpc) is 2.46. The van der Waals surface area contributed by atoms with Crippen molar-refractivity contribution >= 4 is 11.6 Å². The Morgan fingerprint density at radius 3 is 2.56 bits per heavy atom. The van der Waals surface area contributed by atoms with Gasteiger partial charge >= 0.3 is 0 Å². The van der Waals surface area contributed by atoms with E-state index in [1.165, 1.54) is 0 Å². The second-order valence-electron chi connectivity index (χ2n) is 3.70. The third kappa shape index (κ3) is 2.95. The van der Waals surface area contributed by atoms with Gasteiger partial charge in [0, 0.05) is 13.6 Å². The van der Waals surface area contributed by atoms with Gasteiger partial charge in [-0.25, -0.2) is 4.98 Å². The molecule has 1 aromatic carbocycles. The molecule has 0 bridgehead atoms. The van der Waals surface area contributed by atoms with Crippen molar-refractivity contribution in [3.8, 4) is 6.07 Å². The fourth-order valence-corrected chi connectivity index (χ4v) is 1.46. The topological polar surface area (TPSA) is 73.6 Å². The smallest absolute Gasteiger partial charge is 0.147 e. The molecule has 2 rings (SSSR count). The minimum atomic E-state index is 0.646. The van der Waals surface area contributed by atoms with E-state index in [1.807, 2.05) is 12.1 Å². The van der Waals surface area contributed by atoms with Gasteiger partial charge in [0.2, 0.25) is 0 Å². The first-order chi connectivity index (χ1) is 8.81. The summed E-state index contributed by atoms with van der Waals surface area (Å²) in [5.41, 5.74) is 1.75. The van der Waals surface area contributed by atoms with Crippen molar-refractivity contribution < 1.29 is 0 Å². The Morgan fingerprint density at radius 2 is 1.89 bits per heavy atom. The summed E-state index contributed by atoms with van der Waals surface area (Å²) >= 11 is 0. The highest BCUT2D eigenvalue weighted by Gasteiger charge is 1.98. The molecule has 18 heavy (non-hydrogen) atoms. The van der Waals surface area contributed by atoms with Crippen LogP contribution < -0.4 is 10.6 Å². The van der Waals surface area contributed by atoms with Crippen LogP contribution >= 0.6 is 0 Å². The third-order valence-electron chi connectivity index (χ3n) is 2.45. The minimum Gasteiger partial charge on any atom is -0.372 e. The highest BCUT2D eigenvalue weighted by atomic mass is 15.1. The van der Waals surface area contributed by atoms with Gasteiger partial charge in [0.1, 0.15) is 11.6 Å². The third-order valence-corrected chi connectivity index (χ3v) is 2.45. The van der Waals surface area contributed by atoms with Crippen LogP contribution in [0.3, 0.4) is 0 Å². The first-order valence-corrected chi connectivity index (χ1v) is 5.54. The fourth-order valence-electron chi connectivity index (χ4n) is 1.46. The molecule has 0 radical (unpaired) electrons. The summed E-state index contributed by atoms with van der Waals surface area (Å²) in [7, 11) is 1.80. The molecular weight excluding hydrogens is 226 g/mol. The van der Waals surface area contributed by atoms with E-state index in [0.717, 1.165) is 11.4 Å². The van der Waals surface area contributed by atoms with Crippen molar-refractivity contribution in [1.82, 2.24) is 9.97 Å². The molecule has 5 nitrogen and oxygen atoms in total. The molecule has 1 aromatic heterocycles. The maximum Gasteiger partial charge on any atom is 0.147 e. The lowest BCUT2D eigenvalue weighted by Gasteiger charge is -2.06. The van der Waals surface area contributed by atoms with Gasteiger partial charge in [0.05, 0.1) is 24.0 Å². The summed E-state index contributed by atoms with van der Waals surface area (Å²) < 4.78 is 0. The second kappa shape index (κ2) is 5.64. The summed E-state index contributed by atoms with van der Waals surface area (Å²) in [6, 6.07) is 9.52. The Balaban J connectivity index is 2.00. The van der Waals surface area contributed by atoms with Crippen molar-refractivity contribution in [1.29, 1.82) is 5.26 Å². The number of nitrogens with zero attached hydrogens (tertiary/aromatic N) is 3. The number of hydrogen-bond donors (Lipinski definition) is 2. The zero-order valence-corrected chi connectivity index (χ0v) is 10.0. The Hall–Kier alpha value is -2.61. The number of hydrogen-bond acceptors (Lipinski definition) is 5. The van der Waals surface area contributed by atoms with Crippen LogP contribution in [0.2, 0.25) is 0 Å². The zero-order chi connectivity index (χ0) is 12.8. The lowest BCUT2D eigenvalue weighted by atomic mass is 10.1. The molecule has 90 valence electrons. The Labute approximate surface area is 106 Å². The lowest BCUT2D eigenvalue weighted by Crippen LogP contribution is -2.03. The maximum atomic E-state index is 8.70. The van der Waals surface area contributed by atoms with E-state index in [2.05, 4.69) is 26.7 Å². The molecule has 1 heterocycles. The van der Waals surface area contributed by atoms with Gasteiger partial charge in [-0.15, -0.1) is 0 Å². The number of nitriles is 1. The normalized spacial score (nSPS) is 9.56. The number of benzene rings is 1. The molecule has 0 aliphatic heterocycles. The first-order valence-electron chi connectivity index (χ1n) is 5.54. The zero-order valence-electron chi connectivity index (χ0n) is 10.0. The van der Waals surface area contributed by atoms with Crippen molar-refractivity contribution in [2.45, 2.75) is 6.54 Å². The van der Waals surface area contributed by atoms with E-state index in [-0.39, 0.29) is 0 Å². The quantitative estimate of drug-likeness (QED) is 0.853. The van der Waals surface area contributed by atoms with Crippen molar-refractivity contribution in [2.24, 2.45) is 0 Å². The first kappa shape index (κ1) is 11.9. The maximum absolute atomic E-state index is 8.70. The van der Waals surface area contributed by atoms with Crippen LogP contribution in [0.4, 0.5) is 11.6 Å². The van der Waals surface area contributed by atoms with Gasteiger partial charge in [0.15, 0.2) is 0 Å². The number of rotatable bonds is 4. The van der Waals surface area contributed by atoms with E-state index in [9.17, 15) is 0 Å². The van der Waals surface area contributed by atoms with Gasteiger partial charge in [-0.1, -0.05) is 12.1 Å². The van der Waals surface area contributed by atoms with Crippen molar-refractivity contribution in [2.75, 3.05) is 17.7 Å². The monoisotopic (exact) mass is 239 g/mol. The molecule has 0 aliphatic carbocycles. The summed E-state index contributed by atoms with van der Waals surface area (Å²) in [6.45, 7) is 0.646. The minimum absolute atomic E-state index is 0.646. The predicted octanol–water partition coefficient (Wildman–Crippen LogP) is 2.00. The molecule has 2 N–H and O–H groups in total. The molecule has 5 heteroatoms. The summed E-state index contributed by atoms with van der Waals surface area (Å²) in [5, 5.41) is 14.8. The molecule has 0 aliphatic rings. The van der Waals surface area contributed by atoms with E-state index < -0.39 is 0 Å². The standard InChI is InChI=1S/C13H13N5/c1-15-12-8-16-9-13(18-12)17-7-11-4-2-10(6-14)3-5-11/h2-5,8-9H,7H2,1H3,(H2,15,17,18). The summed E-state index contributed by atoms with van der Waals surface area (Å²) in [5.74, 6) is 1.44. The molecule has 0 fully saturated rings. The highest BCUT2D eigenvalue weighted by molar-refractivity contribution is 5.42. The van der Waals surface area contributed by atoms with Crippen LogP contribution in [0.1, 0.15) is 11.1 Å². The highest BCUT2D eigenvalue weighted by Crippen LogP contribution is 2.09. The van der Waals surface area contributed by atoms with E-state index in [1.54, 1.807) is 31.6 Å². The molecule has 0 saturated carbocycles. The largest absolute Gasteiger partial charge is 0.372 e. The van der Waals surface area contributed by atoms with E-state index in [0.29, 0.717) is 17.9 Å². The molecule has 0 saturated heterocycles. The van der Waals surface area contributed by atoms with Gasteiger partial charge in [-0.3, -0.25) is 4.98 Å². The Kier molecular flexibility index (Phi) is 3.72. The molecule has 2 aromatic rings. The van der Waals surface area contributed by atoms with E-state index in [4.69, 9.17) is 5.26 Å². The van der Waals surface area contributed by atoms with Crippen LogP contribution in [-0.4, -0.2) is 17.0 Å². The average molecular weight is 239 g/mol. The molecule has 0 spiro atoms. The van der Waals surface area contributed by atoms with Crippen molar-refractivity contribution in [3.05, 3.63) is 47.8 Å². The molecule has 0 amide bonds. The van der Waals surface area contributed by atoms with Crippen molar-refractivity contribution in [3.63, 3.8) is 0 Å².